The van der Waals surface area contributed by atoms with Crippen LogP contribution in [-0.4, -0.2) is 64.0 Å². The molecule has 1 unspecified atom stereocenters. The summed E-state index contributed by atoms with van der Waals surface area (Å²) in [5.74, 6) is 2.41. The van der Waals surface area contributed by atoms with Gasteiger partial charge in [0.15, 0.2) is 22.8 Å². The second kappa shape index (κ2) is 6.72. The van der Waals surface area contributed by atoms with Gasteiger partial charge in [0.2, 0.25) is 0 Å². The lowest BCUT2D eigenvalue weighted by Crippen LogP contribution is -2.34. The van der Waals surface area contributed by atoms with Crippen LogP contribution in [-0.2, 0) is 12.0 Å². The Labute approximate surface area is 169 Å². The minimum absolute atomic E-state index is 0.0771. The molecule has 10 nitrogen and oxygen atoms in total. The Morgan fingerprint density at radius 2 is 2.00 bits per heavy atom. The van der Waals surface area contributed by atoms with Gasteiger partial charge in [-0.2, -0.15) is 0 Å². The zero-order valence-electron chi connectivity index (χ0n) is 17.2. The van der Waals surface area contributed by atoms with Crippen molar-refractivity contribution in [1.29, 1.82) is 0 Å². The van der Waals surface area contributed by atoms with Gasteiger partial charge in [0, 0.05) is 12.0 Å². The Kier molecular flexibility index (Phi) is 4.27. The summed E-state index contributed by atoms with van der Waals surface area (Å²) in [6, 6.07) is 0.494. The largest absolute Gasteiger partial charge is 0.394 e. The van der Waals surface area contributed by atoms with Crippen molar-refractivity contribution >= 4 is 17.0 Å². The van der Waals surface area contributed by atoms with Gasteiger partial charge in [0.1, 0.15) is 5.82 Å². The van der Waals surface area contributed by atoms with Crippen LogP contribution in [0.4, 0.5) is 5.82 Å². The molecule has 1 saturated carbocycles. The third kappa shape index (κ3) is 3.25. The van der Waals surface area contributed by atoms with Gasteiger partial charge in [0.25, 0.3) is 0 Å². The highest BCUT2D eigenvalue weighted by Gasteiger charge is 2.31. The van der Waals surface area contributed by atoms with Gasteiger partial charge in [-0.25, -0.2) is 19.6 Å². The Morgan fingerprint density at radius 1 is 1.17 bits per heavy atom. The lowest BCUT2D eigenvalue weighted by molar-refractivity contribution is 0.266. The van der Waals surface area contributed by atoms with Crippen LogP contribution in [0.15, 0.2) is 6.33 Å². The Balaban J connectivity index is 1.61. The first-order chi connectivity index (χ1) is 14.0. The quantitative estimate of drug-likeness (QED) is 0.689. The minimum Gasteiger partial charge on any atom is -0.394 e. The minimum atomic E-state index is -0.206. The molecular formula is C19H27N9O. The standard InChI is InChI=1S/C19H27N9O/c1-19(2,3)18-21-16-15(17(22-18)27-8-4-5-13(27)10-29)20-11-26(16)9-14-23-24-25-28(14)12-6-7-12/h11-13,29H,4-10H2,1-3H3. The predicted octanol–water partition coefficient (Wildman–Crippen LogP) is 1.45. The molecule has 0 radical (unpaired) electrons. The summed E-state index contributed by atoms with van der Waals surface area (Å²) >= 11 is 0. The molecule has 2 aliphatic rings. The predicted molar refractivity (Wildman–Crippen MR) is 107 cm³/mol. The van der Waals surface area contributed by atoms with E-state index < -0.39 is 0 Å². The summed E-state index contributed by atoms with van der Waals surface area (Å²) in [7, 11) is 0. The average molecular weight is 397 g/mol. The maximum absolute atomic E-state index is 9.83. The Morgan fingerprint density at radius 3 is 2.72 bits per heavy atom. The van der Waals surface area contributed by atoms with E-state index in [1.54, 1.807) is 6.33 Å². The summed E-state index contributed by atoms with van der Waals surface area (Å²) in [4.78, 5) is 16.6. The number of anilines is 1. The third-order valence-corrected chi connectivity index (χ3v) is 5.74. The molecule has 5 rings (SSSR count). The molecule has 0 spiro atoms. The molecule has 3 aromatic heterocycles. The topological polar surface area (TPSA) is 111 Å². The molecule has 1 atom stereocenters. The van der Waals surface area contributed by atoms with Crippen LogP contribution in [0.3, 0.4) is 0 Å². The molecule has 0 amide bonds. The summed E-state index contributed by atoms with van der Waals surface area (Å²) in [6.45, 7) is 7.84. The summed E-state index contributed by atoms with van der Waals surface area (Å²) in [5.41, 5.74) is 1.35. The molecule has 1 saturated heterocycles. The van der Waals surface area contributed by atoms with Crippen molar-refractivity contribution in [3.05, 3.63) is 18.0 Å². The fourth-order valence-corrected chi connectivity index (χ4v) is 3.96. The van der Waals surface area contributed by atoms with Crippen LogP contribution in [0.2, 0.25) is 0 Å². The molecule has 10 heteroatoms. The van der Waals surface area contributed by atoms with Crippen molar-refractivity contribution in [1.82, 2.24) is 39.7 Å². The monoisotopic (exact) mass is 397 g/mol. The Bertz CT molecular complexity index is 1030. The van der Waals surface area contributed by atoms with Crippen LogP contribution < -0.4 is 4.90 Å². The maximum Gasteiger partial charge on any atom is 0.171 e. The number of aliphatic hydroxyl groups is 1. The number of aliphatic hydroxyl groups excluding tert-OH is 1. The van der Waals surface area contributed by atoms with E-state index in [9.17, 15) is 5.11 Å². The van der Waals surface area contributed by atoms with Crippen molar-refractivity contribution < 1.29 is 5.11 Å². The molecule has 4 heterocycles. The number of fused-ring (bicyclic) bond motifs is 1. The van der Waals surface area contributed by atoms with Crippen LogP contribution in [0.1, 0.15) is 64.1 Å². The van der Waals surface area contributed by atoms with E-state index >= 15 is 0 Å². The van der Waals surface area contributed by atoms with E-state index in [1.165, 1.54) is 0 Å². The number of imidazole rings is 1. The molecule has 1 N–H and O–H groups in total. The molecule has 1 aliphatic carbocycles. The van der Waals surface area contributed by atoms with Gasteiger partial charge in [-0.05, 0) is 36.1 Å². The van der Waals surface area contributed by atoms with E-state index in [2.05, 4.69) is 46.2 Å². The number of rotatable bonds is 5. The van der Waals surface area contributed by atoms with Crippen LogP contribution in [0, 0.1) is 0 Å². The summed E-state index contributed by atoms with van der Waals surface area (Å²) in [6.07, 6.45) is 6.05. The number of nitrogens with zero attached hydrogens (tertiary/aromatic N) is 9. The number of hydrogen-bond donors (Lipinski definition) is 1. The van der Waals surface area contributed by atoms with Crippen molar-refractivity contribution in [2.24, 2.45) is 0 Å². The van der Waals surface area contributed by atoms with Gasteiger partial charge < -0.3 is 14.6 Å². The molecule has 2 fully saturated rings. The third-order valence-electron chi connectivity index (χ3n) is 5.74. The second-order valence-electron chi connectivity index (χ2n) is 9.11. The fourth-order valence-electron chi connectivity index (χ4n) is 3.96. The molecule has 154 valence electrons. The van der Waals surface area contributed by atoms with Crippen molar-refractivity contribution in [2.75, 3.05) is 18.1 Å². The van der Waals surface area contributed by atoms with Crippen molar-refractivity contribution in [3.63, 3.8) is 0 Å². The molecule has 1 aliphatic heterocycles. The first kappa shape index (κ1) is 18.4. The van der Waals surface area contributed by atoms with E-state index in [0.717, 1.165) is 60.9 Å². The normalized spacial score (nSPS) is 20.1. The maximum atomic E-state index is 9.83. The molecular weight excluding hydrogens is 370 g/mol. The average Bonchev–Trinajstić information content (AvgIpc) is 3.09. The molecule has 29 heavy (non-hydrogen) atoms. The van der Waals surface area contributed by atoms with Crippen LogP contribution in [0.25, 0.3) is 11.2 Å². The smallest absolute Gasteiger partial charge is 0.171 e. The zero-order valence-corrected chi connectivity index (χ0v) is 17.2. The highest BCUT2D eigenvalue weighted by molar-refractivity contribution is 5.84. The SMILES string of the molecule is CC(C)(C)c1nc(N2CCCC2CO)c2ncn(Cc3nnnn3C3CC3)c2n1. The van der Waals surface area contributed by atoms with E-state index in [4.69, 9.17) is 9.97 Å². The molecule has 0 bridgehead atoms. The number of hydrogen-bond acceptors (Lipinski definition) is 8. The summed E-state index contributed by atoms with van der Waals surface area (Å²) in [5, 5.41) is 22.1. The highest BCUT2D eigenvalue weighted by atomic mass is 16.3. The van der Waals surface area contributed by atoms with E-state index in [-0.39, 0.29) is 18.1 Å². The highest BCUT2D eigenvalue weighted by Crippen LogP contribution is 2.35. The molecule has 0 aromatic carbocycles. The number of aromatic nitrogens is 8. The van der Waals surface area contributed by atoms with Crippen molar-refractivity contribution in [3.8, 4) is 0 Å². The Hall–Kier alpha value is -2.62. The molecule has 3 aromatic rings. The van der Waals surface area contributed by atoms with Gasteiger partial charge in [0.05, 0.1) is 31.6 Å². The first-order valence-corrected chi connectivity index (χ1v) is 10.3. The van der Waals surface area contributed by atoms with Gasteiger partial charge in [-0.3, -0.25) is 0 Å². The van der Waals surface area contributed by atoms with Gasteiger partial charge in [-0.15, -0.1) is 5.10 Å². The van der Waals surface area contributed by atoms with Crippen LogP contribution >= 0.6 is 0 Å². The van der Waals surface area contributed by atoms with Crippen molar-refractivity contribution in [2.45, 2.75) is 70.5 Å². The van der Waals surface area contributed by atoms with E-state index in [1.807, 2.05) is 9.25 Å². The van der Waals surface area contributed by atoms with E-state index in [0.29, 0.717) is 12.6 Å². The lowest BCUT2D eigenvalue weighted by Gasteiger charge is -2.26. The van der Waals surface area contributed by atoms with Gasteiger partial charge >= 0.3 is 0 Å². The first-order valence-electron chi connectivity index (χ1n) is 10.3. The zero-order chi connectivity index (χ0) is 20.2. The fraction of sp³-hybridized carbons (Fsp3) is 0.684. The lowest BCUT2D eigenvalue weighted by atomic mass is 9.95. The summed E-state index contributed by atoms with van der Waals surface area (Å²) < 4.78 is 3.92. The van der Waals surface area contributed by atoms with Gasteiger partial charge in [-0.1, -0.05) is 20.8 Å². The second-order valence-corrected chi connectivity index (χ2v) is 9.11. The number of tetrazole rings is 1. The van der Waals surface area contributed by atoms with Crippen LogP contribution in [0.5, 0.6) is 0 Å².